The quantitative estimate of drug-likeness (QED) is 0.893. The highest BCUT2D eigenvalue weighted by molar-refractivity contribution is 9.11. The third-order valence-electron chi connectivity index (χ3n) is 2.22. The summed E-state index contributed by atoms with van der Waals surface area (Å²) in [7, 11) is 0. The van der Waals surface area contributed by atoms with E-state index in [4.69, 9.17) is 0 Å². The van der Waals surface area contributed by atoms with Crippen molar-refractivity contribution in [2.45, 2.75) is 6.54 Å². The molecule has 0 fully saturated rings. The monoisotopic (exact) mass is 372 g/mol. The topological polar surface area (TPSA) is 59.8 Å². The number of hydrogen-bond acceptors (Lipinski definition) is 3. The summed E-state index contributed by atoms with van der Waals surface area (Å²) in [5.41, 5.74) is 0.606. The van der Waals surface area contributed by atoms with Crippen LogP contribution in [-0.4, -0.2) is 27.4 Å². The first-order chi connectivity index (χ1) is 8.65. The minimum Gasteiger partial charge on any atom is -0.350 e. The molecular formula is C11H10Br2N4O. The maximum absolute atomic E-state index is 11.9. The minimum absolute atomic E-state index is 0.114. The summed E-state index contributed by atoms with van der Waals surface area (Å²) in [4.78, 5) is 11.9. The Morgan fingerprint density at radius 3 is 2.61 bits per heavy atom. The fourth-order valence-corrected chi connectivity index (χ4v) is 2.72. The van der Waals surface area contributed by atoms with Crippen LogP contribution in [0.4, 0.5) is 0 Å². The van der Waals surface area contributed by atoms with Crippen molar-refractivity contribution in [3.8, 4) is 0 Å². The molecule has 0 unspecified atom stereocenters. The Balaban J connectivity index is 1.91. The summed E-state index contributed by atoms with van der Waals surface area (Å²) < 4.78 is 3.38. The van der Waals surface area contributed by atoms with Gasteiger partial charge in [-0.05, 0) is 18.2 Å². The van der Waals surface area contributed by atoms with Crippen LogP contribution in [-0.2, 0) is 6.54 Å². The van der Waals surface area contributed by atoms with Gasteiger partial charge in [-0.25, -0.2) is 0 Å². The zero-order valence-electron chi connectivity index (χ0n) is 9.31. The van der Waals surface area contributed by atoms with Crippen LogP contribution >= 0.6 is 31.9 Å². The highest BCUT2D eigenvalue weighted by Crippen LogP contribution is 2.19. The van der Waals surface area contributed by atoms with Gasteiger partial charge in [0.15, 0.2) is 0 Å². The number of nitrogens with zero attached hydrogens (tertiary/aromatic N) is 3. The lowest BCUT2D eigenvalue weighted by Crippen LogP contribution is -2.27. The van der Waals surface area contributed by atoms with Gasteiger partial charge in [-0.3, -0.25) is 9.48 Å². The number of hydrogen-bond donors (Lipinski definition) is 1. The van der Waals surface area contributed by atoms with Gasteiger partial charge in [0.05, 0.1) is 12.7 Å². The maximum Gasteiger partial charge on any atom is 0.251 e. The van der Waals surface area contributed by atoms with Crippen LogP contribution < -0.4 is 5.32 Å². The molecule has 0 saturated heterocycles. The normalized spacial score (nSPS) is 10.3. The fourth-order valence-electron chi connectivity index (χ4n) is 1.42. The summed E-state index contributed by atoms with van der Waals surface area (Å²) in [5.74, 6) is -0.114. The molecule has 94 valence electrons. The van der Waals surface area contributed by atoms with Crippen LogP contribution in [0.2, 0.25) is 0 Å². The summed E-state index contributed by atoms with van der Waals surface area (Å²) in [6.45, 7) is 1.10. The van der Waals surface area contributed by atoms with E-state index in [0.29, 0.717) is 18.7 Å². The molecule has 2 rings (SSSR count). The lowest BCUT2D eigenvalue weighted by atomic mass is 10.2. The number of amides is 1. The molecule has 2 aromatic rings. The molecule has 0 spiro atoms. The Labute approximate surface area is 121 Å². The Kier molecular flexibility index (Phi) is 4.48. The van der Waals surface area contributed by atoms with E-state index in [9.17, 15) is 4.79 Å². The van der Waals surface area contributed by atoms with Gasteiger partial charge in [-0.2, -0.15) is 0 Å². The molecule has 1 aromatic heterocycles. The minimum atomic E-state index is -0.114. The van der Waals surface area contributed by atoms with Gasteiger partial charge >= 0.3 is 0 Å². The van der Waals surface area contributed by atoms with Gasteiger partial charge in [0, 0.05) is 27.3 Å². The van der Waals surface area contributed by atoms with E-state index in [2.05, 4.69) is 47.5 Å². The predicted molar refractivity (Wildman–Crippen MR) is 74.2 cm³/mol. The van der Waals surface area contributed by atoms with Crippen molar-refractivity contribution in [2.75, 3.05) is 6.54 Å². The Bertz CT molecular complexity index is 522. The number of benzene rings is 1. The molecule has 0 aliphatic heterocycles. The largest absolute Gasteiger partial charge is 0.350 e. The van der Waals surface area contributed by atoms with Crippen LogP contribution in [0.1, 0.15) is 10.4 Å². The Hall–Kier alpha value is -1.21. The molecule has 1 aromatic carbocycles. The predicted octanol–water partition coefficient (Wildman–Crippen LogP) is 2.23. The summed E-state index contributed by atoms with van der Waals surface area (Å²) >= 11 is 6.70. The standard InChI is InChI=1S/C11H10Br2N4O/c12-9-5-8(6-10(13)7-9)11(18)14-1-3-17-4-2-15-16-17/h2,4-7H,1,3H2,(H,14,18). The third-order valence-corrected chi connectivity index (χ3v) is 3.14. The maximum atomic E-state index is 11.9. The fraction of sp³-hybridized carbons (Fsp3) is 0.182. The smallest absolute Gasteiger partial charge is 0.251 e. The highest BCUT2D eigenvalue weighted by atomic mass is 79.9. The zero-order valence-corrected chi connectivity index (χ0v) is 12.5. The molecule has 7 heteroatoms. The zero-order chi connectivity index (χ0) is 13.0. The first kappa shape index (κ1) is 13.2. The number of carbonyl (C=O) groups is 1. The second kappa shape index (κ2) is 6.10. The molecular weight excluding hydrogens is 364 g/mol. The lowest BCUT2D eigenvalue weighted by molar-refractivity contribution is 0.0951. The Morgan fingerprint density at radius 1 is 1.28 bits per heavy atom. The number of carbonyl (C=O) groups excluding carboxylic acids is 1. The Morgan fingerprint density at radius 2 is 2.00 bits per heavy atom. The molecule has 0 saturated carbocycles. The molecule has 0 radical (unpaired) electrons. The molecule has 1 N–H and O–H groups in total. The SMILES string of the molecule is O=C(NCCn1ccnn1)c1cc(Br)cc(Br)c1. The summed E-state index contributed by atoms with van der Waals surface area (Å²) in [6.07, 6.45) is 3.36. The number of halogens is 2. The van der Waals surface area contributed by atoms with E-state index in [0.717, 1.165) is 8.95 Å². The van der Waals surface area contributed by atoms with Gasteiger partial charge in [-0.15, -0.1) is 5.10 Å². The van der Waals surface area contributed by atoms with Crippen LogP contribution in [0.3, 0.4) is 0 Å². The van der Waals surface area contributed by atoms with Crippen molar-refractivity contribution in [1.29, 1.82) is 0 Å². The number of rotatable bonds is 4. The summed E-state index contributed by atoms with van der Waals surface area (Å²) in [6, 6.07) is 5.43. The van der Waals surface area contributed by atoms with Crippen molar-refractivity contribution in [3.63, 3.8) is 0 Å². The van der Waals surface area contributed by atoms with Crippen molar-refractivity contribution in [3.05, 3.63) is 45.1 Å². The van der Waals surface area contributed by atoms with E-state index in [1.807, 2.05) is 6.07 Å². The van der Waals surface area contributed by atoms with Crippen LogP contribution in [0.25, 0.3) is 0 Å². The van der Waals surface area contributed by atoms with Crippen LogP contribution in [0.5, 0.6) is 0 Å². The van der Waals surface area contributed by atoms with Crippen molar-refractivity contribution in [1.82, 2.24) is 20.3 Å². The number of nitrogens with one attached hydrogen (secondary N) is 1. The van der Waals surface area contributed by atoms with Gasteiger partial charge < -0.3 is 5.32 Å². The third kappa shape index (κ3) is 3.64. The first-order valence-corrected chi connectivity index (χ1v) is 6.82. The van der Waals surface area contributed by atoms with E-state index in [-0.39, 0.29) is 5.91 Å². The van der Waals surface area contributed by atoms with Gasteiger partial charge in [0.2, 0.25) is 0 Å². The highest BCUT2D eigenvalue weighted by Gasteiger charge is 2.06. The molecule has 18 heavy (non-hydrogen) atoms. The van der Waals surface area contributed by atoms with Gasteiger partial charge in [0.1, 0.15) is 0 Å². The molecule has 0 aliphatic rings. The average Bonchev–Trinajstić information content (AvgIpc) is 2.80. The van der Waals surface area contributed by atoms with E-state index < -0.39 is 0 Å². The lowest BCUT2D eigenvalue weighted by Gasteiger charge is -2.06. The first-order valence-electron chi connectivity index (χ1n) is 5.23. The van der Waals surface area contributed by atoms with Gasteiger partial charge in [-0.1, -0.05) is 37.1 Å². The van der Waals surface area contributed by atoms with E-state index in [1.54, 1.807) is 29.2 Å². The van der Waals surface area contributed by atoms with Crippen molar-refractivity contribution >= 4 is 37.8 Å². The summed E-state index contributed by atoms with van der Waals surface area (Å²) in [5, 5.41) is 10.3. The molecule has 1 amide bonds. The second-order valence-corrected chi connectivity index (χ2v) is 5.41. The molecule has 5 nitrogen and oxygen atoms in total. The van der Waals surface area contributed by atoms with Crippen molar-refractivity contribution < 1.29 is 4.79 Å². The van der Waals surface area contributed by atoms with E-state index in [1.165, 1.54) is 0 Å². The van der Waals surface area contributed by atoms with Crippen LogP contribution in [0.15, 0.2) is 39.5 Å². The molecule has 0 atom stereocenters. The molecule has 1 heterocycles. The van der Waals surface area contributed by atoms with Gasteiger partial charge in [0.25, 0.3) is 5.91 Å². The number of aromatic nitrogens is 3. The molecule has 0 aliphatic carbocycles. The second-order valence-electron chi connectivity index (χ2n) is 3.58. The average molecular weight is 374 g/mol. The van der Waals surface area contributed by atoms with E-state index >= 15 is 0 Å². The molecule has 0 bridgehead atoms. The van der Waals surface area contributed by atoms with Crippen LogP contribution in [0, 0.1) is 0 Å². The van der Waals surface area contributed by atoms with Crippen molar-refractivity contribution in [2.24, 2.45) is 0 Å².